The SMILES string of the molecule is CCNS(=O)(=O)CCNC(=O)c1ccc(OC)cc1. The van der Waals surface area contributed by atoms with Gasteiger partial charge in [0.1, 0.15) is 5.75 Å². The summed E-state index contributed by atoms with van der Waals surface area (Å²) >= 11 is 0. The Bertz CT molecular complexity index is 511. The van der Waals surface area contributed by atoms with E-state index in [1.165, 1.54) is 0 Å². The van der Waals surface area contributed by atoms with Crippen LogP contribution in [0.5, 0.6) is 5.75 Å². The fraction of sp³-hybridized carbons (Fsp3) is 0.417. The van der Waals surface area contributed by atoms with Gasteiger partial charge in [-0.3, -0.25) is 4.79 Å². The van der Waals surface area contributed by atoms with Gasteiger partial charge in [0.15, 0.2) is 0 Å². The molecule has 2 N–H and O–H groups in total. The van der Waals surface area contributed by atoms with Crippen molar-refractivity contribution in [2.45, 2.75) is 6.92 Å². The van der Waals surface area contributed by atoms with Gasteiger partial charge in [0.25, 0.3) is 5.91 Å². The number of ether oxygens (including phenoxy) is 1. The summed E-state index contributed by atoms with van der Waals surface area (Å²) in [4.78, 5) is 11.7. The number of sulfonamides is 1. The van der Waals surface area contributed by atoms with Gasteiger partial charge in [-0.1, -0.05) is 6.92 Å². The minimum absolute atomic E-state index is 0.0696. The molecular formula is C12H18N2O4S. The molecule has 1 rings (SSSR count). The van der Waals surface area contributed by atoms with Crippen molar-refractivity contribution >= 4 is 15.9 Å². The molecule has 0 saturated heterocycles. The topological polar surface area (TPSA) is 84.5 Å². The maximum absolute atomic E-state index is 11.7. The molecule has 0 aliphatic rings. The monoisotopic (exact) mass is 286 g/mol. The maximum atomic E-state index is 11.7. The third-order valence-electron chi connectivity index (χ3n) is 2.37. The Hall–Kier alpha value is -1.60. The summed E-state index contributed by atoms with van der Waals surface area (Å²) in [6.45, 7) is 2.11. The van der Waals surface area contributed by atoms with E-state index in [4.69, 9.17) is 4.74 Å². The molecule has 1 aromatic rings. The smallest absolute Gasteiger partial charge is 0.251 e. The molecule has 7 heteroatoms. The van der Waals surface area contributed by atoms with Crippen LogP contribution in [0.4, 0.5) is 0 Å². The molecular weight excluding hydrogens is 268 g/mol. The van der Waals surface area contributed by atoms with Crippen molar-refractivity contribution < 1.29 is 17.9 Å². The van der Waals surface area contributed by atoms with Crippen LogP contribution < -0.4 is 14.8 Å². The number of hydrogen-bond acceptors (Lipinski definition) is 4. The summed E-state index contributed by atoms with van der Waals surface area (Å²) in [5.74, 6) is 0.212. The first-order valence-electron chi connectivity index (χ1n) is 5.88. The number of methoxy groups -OCH3 is 1. The van der Waals surface area contributed by atoms with Crippen molar-refractivity contribution in [3.05, 3.63) is 29.8 Å². The molecule has 0 heterocycles. The zero-order valence-corrected chi connectivity index (χ0v) is 11.8. The molecule has 0 spiro atoms. The minimum Gasteiger partial charge on any atom is -0.497 e. The molecule has 0 bridgehead atoms. The molecule has 0 aliphatic carbocycles. The predicted octanol–water partition coefficient (Wildman–Crippen LogP) is 0.364. The van der Waals surface area contributed by atoms with E-state index in [2.05, 4.69) is 10.0 Å². The summed E-state index contributed by atoms with van der Waals surface area (Å²) in [5.41, 5.74) is 0.460. The van der Waals surface area contributed by atoms with E-state index in [0.29, 0.717) is 17.9 Å². The Kier molecular flexibility index (Phi) is 5.78. The van der Waals surface area contributed by atoms with Crippen LogP contribution in [0.3, 0.4) is 0 Å². The largest absolute Gasteiger partial charge is 0.497 e. The minimum atomic E-state index is -3.30. The molecule has 0 radical (unpaired) electrons. The Balaban J connectivity index is 2.47. The van der Waals surface area contributed by atoms with E-state index in [1.54, 1.807) is 38.3 Å². The Morgan fingerprint density at radius 1 is 1.26 bits per heavy atom. The predicted molar refractivity (Wildman–Crippen MR) is 72.8 cm³/mol. The van der Waals surface area contributed by atoms with Crippen LogP contribution in [-0.4, -0.2) is 40.3 Å². The second-order valence-corrected chi connectivity index (χ2v) is 5.73. The van der Waals surface area contributed by atoms with E-state index in [9.17, 15) is 13.2 Å². The van der Waals surface area contributed by atoms with Crippen molar-refractivity contribution in [2.24, 2.45) is 0 Å². The number of amides is 1. The van der Waals surface area contributed by atoms with E-state index in [0.717, 1.165) is 0 Å². The number of hydrogen-bond donors (Lipinski definition) is 2. The second kappa shape index (κ2) is 7.10. The van der Waals surface area contributed by atoms with E-state index < -0.39 is 10.0 Å². The van der Waals surface area contributed by atoms with Crippen LogP contribution >= 0.6 is 0 Å². The summed E-state index contributed by atoms with van der Waals surface area (Å²) < 4.78 is 30.0. The summed E-state index contributed by atoms with van der Waals surface area (Å²) in [5, 5.41) is 2.55. The molecule has 1 amide bonds. The van der Waals surface area contributed by atoms with Gasteiger partial charge in [-0.25, -0.2) is 13.1 Å². The lowest BCUT2D eigenvalue weighted by molar-refractivity contribution is 0.0956. The lowest BCUT2D eigenvalue weighted by atomic mass is 10.2. The summed E-state index contributed by atoms with van der Waals surface area (Å²) in [6, 6.07) is 6.58. The third-order valence-corrected chi connectivity index (χ3v) is 3.84. The Morgan fingerprint density at radius 2 is 1.89 bits per heavy atom. The zero-order chi connectivity index (χ0) is 14.3. The van der Waals surface area contributed by atoms with Gasteiger partial charge >= 0.3 is 0 Å². The van der Waals surface area contributed by atoms with Gasteiger partial charge < -0.3 is 10.1 Å². The molecule has 0 aliphatic heterocycles. The fourth-order valence-electron chi connectivity index (χ4n) is 1.44. The molecule has 0 saturated carbocycles. The van der Waals surface area contributed by atoms with E-state index in [-0.39, 0.29) is 18.2 Å². The van der Waals surface area contributed by atoms with E-state index >= 15 is 0 Å². The van der Waals surface area contributed by atoms with Gasteiger partial charge in [-0.2, -0.15) is 0 Å². The Morgan fingerprint density at radius 3 is 2.42 bits per heavy atom. The Labute approximate surface area is 113 Å². The van der Waals surface area contributed by atoms with Crippen LogP contribution in [0.25, 0.3) is 0 Å². The van der Waals surface area contributed by atoms with Crippen LogP contribution in [0.15, 0.2) is 24.3 Å². The molecule has 0 atom stereocenters. The van der Waals surface area contributed by atoms with Crippen molar-refractivity contribution in [1.29, 1.82) is 0 Å². The van der Waals surface area contributed by atoms with E-state index in [1.807, 2.05) is 0 Å². The zero-order valence-electron chi connectivity index (χ0n) is 11.0. The quantitative estimate of drug-likeness (QED) is 0.758. The highest BCUT2D eigenvalue weighted by Gasteiger charge is 2.10. The van der Waals surface area contributed by atoms with Crippen molar-refractivity contribution in [2.75, 3.05) is 26.0 Å². The molecule has 6 nitrogen and oxygen atoms in total. The summed E-state index contributed by atoms with van der Waals surface area (Å²) in [7, 11) is -1.76. The molecule has 0 aromatic heterocycles. The van der Waals surface area contributed by atoms with Gasteiger partial charge in [0, 0.05) is 18.7 Å². The van der Waals surface area contributed by atoms with Gasteiger partial charge in [0.2, 0.25) is 10.0 Å². The van der Waals surface area contributed by atoms with Crippen molar-refractivity contribution in [1.82, 2.24) is 10.0 Å². The highest BCUT2D eigenvalue weighted by Crippen LogP contribution is 2.10. The molecule has 1 aromatic carbocycles. The summed E-state index contributed by atoms with van der Waals surface area (Å²) in [6.07, 6.45) is 0. The molecule has 0 unspecified atom stereocenters. The lowest BCUT2D eigenvalue weighted by Crippen LogP contribution is -2.34. The first kappa shape index (κ1) is 15.5. The average molecular weight is 286 g/mol. The van der Waals surface area contributed by atoms with Crippen LogP contribution in [-0.2, 0) is 10.0 Å². The van der Waals surface area contributed by atoms with Crippen molar-refractivity contribution in [3.8, 4) is 5.75 Å². The third kappa shape index (κ3) is 5.27. The van der Waals surface area contributed by atoms with Crippen molar-refractivity contribution in [3.63, 3.8) is 0 Å². The normalized spacial score (nSPS) is 11.1. The standard InChI is InChI=1S/C12H18N2O4S/c1-3-14-19(16,17)9-8-13-12(15)10-4-6-11(18-2)7-5-10/h4-7,14H,3,8-9H2,1-2H3,(H,13,15). The van der Waals surface area contributed by atoms with Gasteiger partial charge in [-0.05, 0) is 24.3 Å². The number of nitrogens with one attached hydrogen (secondary N) is 2. The maximum Gasteiger partial charge on any atom is 0.251 e. The highest BCUT2D eigenvalue weighted by molar-refractivity contribution is 7.89. The number of benzene rings is 1. The lowest BCUT2D eigenvalue weighted by Gasteiger charge is -2.07. The molecule has 19 heavy (non-hydrogen) atoms. The highest BCUT2D eigenvalue weighted by atomic mass is 32.2. The van der Waals surface area contributed by atoms with Crippen LogP contribution in [0.2, 0.25) is 0 Å². The first-order chi connectivity index (χ1) is 8.98. The number of rotatable bonds is 7. The van der Waals surface area contributed by atoms with Gasteiger partial charge in [0.05, 0.1) is 12.9 Å². The van der Waals surface area contributed by atoms with Crippen LogP contribution in [0.1, 0.15) is 17.3 Å². The second-order valence-electron chi connectivity index (χ2n) is 3.80. The van der Waals surface area contributed by atoms with Gasteiger partial charge in [-0.15, -0.1) is 0 Å². The molecule has 106 valence electrons. The molecule has 0 fully saturated rings. The fourth-order valence-corrected chi connectivity index (χ4v) is 2.39. The first-order valence-corrected chi connectivity index (χ1v) is 7.53. The number of carbonyl (C=O) groups excluding carboxylic acids is 1. The van der Waals surface area contributed by atoms with Crippen LogP contribution in [0, 0.1) is 0 Å². The average Bonchev–Trinajstić information content (AvgIpc) is 2.38. The number of carbonyl (C=O) groups is 1.